The lowest BCUT2D eigenvalue weighted by molar-refractivity contribution is 0.232. The third kappa shape index (κ3) is 3.43. The third-order valence-electron chi connectivity index (χ3n) is 3.89. The van der Waals surface area contributed by atoms with Crippen LogP contribution in [0.1, 0.15) is 22.3 Å². The van der Waals surface area contributed by atoms with Gasteiger partial charge in [0, 0.05) is 38.3 Å². The number of hydrogen-bond acceptors (Lipinski definition) is 4. The maximum absolute atomic E-state index is 13.6. The van der Waals surface area contributed by atoms with E-state index in [1.54, 1.807) is 19.9 Å². The first-order valence-corrected chi connectivity index (χ1v) is 8.20. The summed E-state index contributed by atoms with van der Waals surface area (Å²) in [5, 5.41) is 3.25. The molecular formula is C15H19FN2O2S. The summed E-state index contributed by atoms with van der Waals surface area (Å²) in [7, 11) is -4.79. The Morgan fingerprint density at radius 1 is 1.33 bits per heavy atom. The van der Waals surface area contributed by atoms with Crippen LogP contribution in [0.25, 0.3) is 0 Å². The van der Waals surface area contributed by atoms with E-state index in [-0.39, 0.29) is 4.90 Å². The summed E-state index contributed by atoms with van der Waals surface area (Å²) < 4.78 is 36.5. The Morgan fingerprint density at radius 2 is 1.95 bits per heavy atom. The van der Waals surface area contributed by atoms with Crippen LogP contribution in [0.2, 0.25) is 0 Å². The van der Waals surface area contributed by atoms with Crippen LogP contribution >= 0.6 is 0 Å². The Hall–Kier alpha value is -1.42. The first-order valence-electron chi connectivity index (χ1n) is 6.82. The summed E-state index contributed by atoms with van der Waals surface area (Å²) in [6, 6.07) is 1.79. The molecular weight excluding hydrogens is 291 g/mol. The summed E-state index contributed by atoms with van der Waals surface area (Å²) in [5.74, 6) is 2.45. The van der Waals surface area contributed by atoms with Gasteiger partial charge in [0.1, 0.15) is 4.90 Å². The number of nitrogens with zero attached hydrogens (tertiary/aromatic N) is 1. The molecule has 0 aromatic heterocycles. The van der Waals surface area contributed by atoms with Gasteiger partial charge in [-0.25, -0.2) is 0 Å². The lowest BCUT2D eigenvalue weighted by atomic mass is 9.99. The quantitative estimate of drug-likeness (QED) is 0.676. The second-order valence-electron chi connectivity index (χ2n) is 5.27. The number of halogens is 1. The topological polar surface area (TPSA) is 49.4 Å². The normalized spacial score (nSPS) is 16.7. The lowest BCUT2D eigenvalue weighted by Crippen LogP contribution is -2.43. The van der Waals surface area contributed by atoms with Crippen molar-refractivity contribution in [3.8, 4) is 12.3 Å². The molecule has 1 fully saturated rings. The van der Waals surface area contributed by atoms with Gasteiger partial charge in [0.25, 0.3) is 0 Å². The van der Waals surface area contributed by atoms with Crippen molar-refractivity contribution in [1.82, 2.24) is 10.2 Å². The van der Waals surface area contributed by atoms with Gasteiger partial charge in [0.2, 0.25) is 0 Å². The zero-order valence-corrected chi connectivity index (χ0v) is 13.1. The van der Waals surface area contributed by atoms with Gasteiger partial charge in [-0.15, -0.1) is 10.3 Å². The molecule has 0 unspecified atom stereocenters. The molecule has 1 aromatic carbocycles. The molecule has 0 saturated carbocycles. The second-order valence-corrected chi connectivity index (χ2v) is 6.55. The largest absolute Gasteiger partial charge is 0.332 e. The fraction of sp³-hybridized carbons (Fsp3) is 0.467. The number of benzene rings is 1. The predicted molar refractivity (Wildman–Crippen MR) is 80.3 cm³/mol. The summed E-state index contributed by atoms with van der Waals surface area (Å²) in [5.41, 5.74) is 1.96. The minimum atomic E-state index is -4.79. The van der Waals surface area contributed by atoms with E-state index < -0.39 is 10.2 Å². The monoisotopic (exact) mass is 310 g/mol. The van der Waals surface area contributed by atoms with Gasteiger partial charge >= 0.3 is 10.2 Å². The van der Waals surface area contributed by atoms with E-state index in [2.05, 4.69) is 16.1 Å². The molecule has 0 spiro atoms. The fourth-order valence-corrected chi connectivity index (χ4v) is 3.70. The van der Waals surface area contributed by atoms with Crippen molar-refractivity contribution in [3.05, 3.63) is 28.3 Å². The Morgan fingerprint density at radius 3 is 2.48 bits per heavy atom. The van der Waals surface area contributed by atoms with E-state index in [0.29, 0.717) is 23.2 Å². The molecule has 0 atom stereocenters. The number of hydrogen-bond donors (Lipinski definition) is 1. The van der Waals surface area contributed by atoms with Gasteiger partial charge in [-0.05, 0) is 36.6 Å². The van der Waals surface area contributed by atoms with Crippen molar-refractivity contribution >= 4 is 10.2 Å². The van der Waals surface area contributed by atoms with E-state index in [1.165, 1.54) is 0 Å². The van der Waals surface area contributed by atoms with Crippen molar-refractivity contribution in [2.45, 2.75) is 25.3 Å². The molecule has 1 aliphatic heterocycles. The second kappa shape index (κ2) is 6.14. The minimum Gasteiger partial charge on any atom is -0.314 e. The average Bonchev–Trinajstić information content (AvgIpc) is 2.41. The molecule has 21 heavy (non-hydrogen) atoms. The van der Waals surface area contributed by atoms with Crippen molar-refractivity contribution in [2.75, 3.05) is 26.2 Å². The number of nitrogens with one attached hydrogen (secondary N) is 1. The summed E-state index contributed by atoms with van der Waals surface area (Å²) in [6.45, 7) is 7.28. The molecule has 1 heterocycles. The Bertz CT molecular complexity index is 687. The molecule has 0 radical (unpaired) electrons. The number of rotatable bonds is 3. The Balaban J connectivity index is 2.49. The summed E-state index contributed by atoms with van der Waals surface area (Å²) in [6.07, 6.45) is 5.42. The standard InChI is InChI=1S/C15H19FN2O2S/c1-4-13-9-14(10-18-7-5-17-6-8-18)12(3)15(11(13)2)21(16,19)20/h1,9,17H,5-8,10H2,2-3H3. The van der Waals surface area contributed by atoms with E-state index >= 15 is 0 Å². The molecule has 1 aliphatic rings. The highest BCUT2D eigenvalue weighted by Crippen LogP contribution is 2.28. The van der Waals surface area contributed by atoms with Crippen LogP contribution in [-0.2, 0) is 16.8 Å². The zero-order chi connectivity index (χ0) is 15.6. The van der Waals surface area contributed by atoms with Gasteiger partial charge < -0.3 is 5.32 Å². The van der Waals surface area contributed by atoms with Crippen molar-refractivity contribution in [2.24, 2.45) is 0 Å². The van der Waals surface area contributed by atoms with Gasteiger partial charge in [-0.2, -0.15) is 8.42 Å². The first-order chi connectivity index (χ1) is 9.84. The van der Waals surface area contributed by atoms with Crippen LogP contribution in [0.4, 0.5) is 3.89 Å². The van der Waals surface area contributed by atoms with Crippen LogP contribution in [0, 0.1) is 26.2 Å². The highest BCUT2D eigenvalue weighted by Gasteiger charge is 2.23. The highest BCUT2D eigenvalue weighted by atomic mass is 32.3. The zero-order valence-electron chi connectivity index (χ0n) is 12.2. The van der Waals surface area contributed by atoms with Crippen LogP contribution in [0.5, 0.6) is 0 Å². The number of terminal acetylenes is 1. The molecule has 1 N–H and O–H groups in total. The minimum absolute atomic E-state index is 0.275. The van der Waals surface area contributed by atoms with Crippen molar-refractivity contribution in [3.63, 3.8) is 0 Å². The number of piperazine rings is 1. The molecule has 2 rings (SSSR count). The smallest absolute Gasteiger partial charge is 0.314 e. The van der Waals surface area contributed by atoms with Crippen LogP contribution in [0.15, 0.2) is 11.0 Å². The van der Waals surface area contributed by atoms with Crippen LogP contribution in [-0.4, -0.2) is 39.5 Å². The van der Waals surface area contributed by atoms with E-state index in [0.717, 1.165) is 31.7 Å². The molecule has 0 aliphatic carbocycles. The molecule has 0 bridgehead atoms. The Kier molecular flexibility index (Phi) is 4.67. The van der Waals surface area contributed by atoms with Gasteiger partial charge in [-0.1, -0.05) is 5.92 Å². The molecule has 1 aromatic rings. The van der Waals surface area contributed by atoms with E-state index in [4.69, 9.17) is 6.42 Å². The summed E-state index contributed by atoms with van der Waals surface area (Å²) >= 11 is 0. The van der Waals surface area contributed by atoms with Gasteiger partial charge in [0.05, 0.1) is 0 Å². The Labute approximate surface area is 125 Å². The van der Waals surface area contributed by atoms with Gasteiger partial charge in [0.15, 0.2) is 0 Å². The summed E-state index contributed by atoms with van der Waals surface area (Å²) in [4.78, 5) is 1.92. The highest BCUT2D eigenvalue weighted by molar-refractivity contribution is 7.86. The predicted octanol–water partition coefficient (Wildman–Crippen LogP) is 1.35. The van der Waals surface area contributed by atoms with Crippen LogP contribution < -0.4 is 5.32 Å². The van der Waals surface area contributed by atoms with E-state index in [1.807, 2.05) is 0 Å². The molecule has 4 nitrogen and oxygen atoms in total. The maximum atomic E-state index is 13.6. The molecule has 1 saturated heterocycles. The van der Waals surface area contributed by atoms with Crippen molar-refractivity contribution < 1.29 is 12.3 Å². The van der Waals surface area contributed by atoms with E-state index in [9.17, 15) is 12.3 Å². The van der Waals surface area contributed by atoms with Crippen LogP contribution in [0.3, 0.4) is 0 Å². The van der Waals surface area contributed by atoms with Gasteiger partial charge in [-0.3, -0.25) is 4.90 Å². The maximum Gasteiger partial charge on any atom is 0.332 e. The first kappa shape index (κ1) is 16.0. The molecule has 0 amide bonds. The molecule has 114 valence electrons. The van der Waals surface area contributed by atoms with Crippen molar-refractivity contribution in [1.29, 1.82) is 0 Å². The average molecular weight is 310 g/mol. The lowest BCUT2D eigenvalue weighted by Gasteiger charge is -2.28. The molecule has 6 heteroatoms. The SMILES string of the molecule is C#Cc1cc(CN2CCNCC2)c(C)c(S(=O)(=O)F)c1C. The fourth-order valence-electron chi connectivity index (χ4n) is 2.73. The third-order valence-corrected chi connectivity index (χ3v) is 4.99.